The summed E-state index contributed by atoms with van der Waals surface area (Å²) in [6.07, 6.45) is -0.668. The van der Waals surface area contributed by atoms with Gasteiger partial charge in [-0.1, -0.05) is 0 Å². The second kappa shape index (κ2) is 5.79. The first kappa shape index (κ1) is 13.7. The number of nitrogens with zero attached hydrogens (tertiary/aromatic N) is 2. The van der Waals surface area contributed by atoms with Gasteiger partial charge in [-0.3, -0.25) is 9.48 Å². The molecule has 0 aromatic carbocycles. The van der Waals surface area contributed by atoms with E-state index in [1.807, 2.05) is 20.9 Å². The Bertz CT molecular complexity index is 401. The van der Waals surface area contributed by atoms with Crippen LogP contribution in [-0.2, 0) is 18.3 Å². The van der Waals surface area contributed by atoms with Crippen LogP contribution in [0.1, 0.15) is 17.0 Å². The minimum atomic E-state index is -0.907. The summed E-state index contributed by atoms with van der Waals surface area (Å²) in [5.41, 5.74) is 2.70. The molecule has 0 aliphatic rings. The lowest BCUT2D eigenvalue weighted by molar-refractivity contribution is -0.121. The van der Waals surface area contributed by atoms with Crippen LogP contribution in [0, 0.1) is 13.8 Å². The molecule has 0 aliphatic carbocycles. The topological polar surface area (TPSA) is 87.4 Å². The molecule has 6 nitrogen and oxygen atoms in total. The van der Waals surface area contributed by atoms with Gasteiger partial charge in [0, 0.05) is 24.8 Å². The van der Waals surface area contributed by atoms with E-state index in [4.69, 9.17) is 10.2 Å². The number of amides is 1. The van der Waals surface area contributed by atoms with Gasteiger partial charge in [0.05, 0.1) is 24.8 Å². The van der Waals surface area contributed by atoms with Gasteiger partial charge in [0.2, 0.25) is 5.91 Å². The van der Waals surface area contributed by atoms with Gasteiger partial charge in [-0.15, -0.1) is 0 Å². The molecule has 1 atom stereocenters. The number of aliphatic hydroxyl groups is 2. The molecule has 3 N–H and O–H groups in total. The molecule has 1 heterocycles. The van der Waals surface area contributed by atoms with Gasteiger partial charge in [-0.2, -0.15) is 5.10 Å². The summed E-state index contributed by atoms with van der Waals surface area (Å²) in [7, 11) is 1.83. The molecule has 0 spiro atoms. The fraction of sp³-hybridized carbons (Fsp3) is 0.636. The number of carbonyl (C=O) groups excluding carboxylic acids is 1. The Morgan fingerprint density at radius 1 is 1.53 bits per heavy atom. The van der Waals surface area contributed by atoms with E-state index in [0.717, 1.165) is 17.0 Å². The third-order valence-electron chi connectivity index (χ3n) is 2.74. The maximum atomic E-state index is 11.6. The SMILES string of the molecule is Cc1nn(C)c(C)c1CC(=O)NCC(O)CO. The summed E-state index contributed by atoms with van der Waals surface area (Å²) < 4.78 is 1.74. The predicted octanol–water partition coefficient (Wildman–Crippen LogP) is -0.951. The molecule has 0 bridgehead atoms. The molecule has 0 saturated heterocycles. The van der Waals surface area contributed by atoms with Crippen molar-refractivity contribution in [3.8, 4) is 0 Å². The lowest BCUT2D eigenvalue weighted by Crippen LogP contribution is -2.34. The van der Waals surface area contributed by atoms with Crippen LogP contribution >= 0.6 is 0 Å². The normalized spacial score (nSPS) is 12.5. The van der Waals surface area contributed by atoms with Gasteiger partial charge < -0.3 is 15.5 Å². The molecule has 0 saturated carbocycles. The quantitative estimate of drug-likeness (QED) is 0.620. The van der Waals surface area contributed by atoms with E-state index in [-0.39, 0.29) is 25.5 Å². The van der Waals surface area contributed by atoms with Crippen LogP contribution in [-0.4, -0.2) is 45.2 Å². The van der Waals surface area contributed by atoms with E-state index in [1.54, 1.807) is 4.68 Å². The van der Waals surface area contributed by atoms with Gasteiger partial charge in [-0.05, 0) is 13.8 Å². The zero-order chi connectivity index (χ0) is 13.0. The summed E-state index contributed by atoms with van der Waals surface area (Å²) in [5, 5.41) is 24.5. The number of hydrogen-bond acceptors (Lipinski definition) is 4. The average Bonchev–Trinajstić information content (AvgIpc) is 2.53. The highest BCUT2D eigenvalue weighted by Crippen LogP contribution is 2.12. The Hall–Kier alpha value is -1.40. The summed E-state index contributed by atoms with van der Waals surface area (Å²) >= 11 is 0. The van der Waals surface area contributed by atoms with E-state index in [2.05, 4.69) is 10.4 Å². The predicted molar refractivity (Wildman–Crippen MR) is 62.5 cm³/mol. The number of aryl methyl sites for hydroxylation is 2. The lowest BCUT2D eigenvalue weighted by Gasteiger charge is -2.09. The Morgan fingerprint density at radius 3 is 2.65 bits per heavy atom. The van der Waals surface area contributed by atoms with Crippen LogP contribution in [0.25, 0.3) is 0 Å². The van der Waals surface area contributed by atoms with Crippen LogP contribution in [0.5, 0.6) is 0 Å². The Morgan fingerprint density at radius 2 is 2.18 bits per heavy atom. The van der Waals surface area contributed by atoms with Crippen LogP contribution in [0.2, 0.25) is 0 Å². The zero-order valence-electron chi connectivity index (χ0n) is 10.4. The first-order valence-electron chi connectivity index (χ1n) is 5.50. The highest BCUT2D eigenvalue weighted by Gasteiger charge is 2.13. The van der Waals surface area contributed by atoms with Gasteiger partial charge >= 0.3 is 0 Å². The molecular weight excluding hydrogens is 222 g/mol. The summed E-state index contributed by atoms with van der Waals surface area (Å²) in [5.74, 6) is -0.184. The van der Waals surface area contributed by atoms with Crippen molar-refractivity contribution >= 4 is 5.91 Å². The molecule has 0 radical (unpaired) electrons. The Labute approximate surface area is 100 Å². The van der Waals surface area contributed by atoms with E-state index in [9.17, 15) is 4.79 Å². The minimum absolute atomic E-state index is 0.0632. The highest BCUT2D eigenvalue weighted by atomic mass is 16.3. The van der Waals surface area contributed by atoms with Gasteiger partial charge in [0.1, 0.15) is 0 Å². The molecule has 0 fully saturated rings. The lowest BCUT2D eigenvalue weighted by atomic mass is 10.1. The van der Waals surface area contributed by atoms with E-state index in [0.29, 0.717) is 0 Å². The maximum absolute atomic E-state index is 11.6. The molecule has 6 heteroatoms. The molecule has 1 amide bonds. The van der Waals surface area contributed by atoms with E-state index < -0.39 is 6.10 Å². The largest absolute Gasteiger partial charge is 0.394 e. The van der Waals surface area contributed by atoms with Gasteiger partial charge in [0.25, 0.3) is 0 Å². The first-order valence-corrected chi connectivity index (χ1v) is 5.50. The van der Waals surface area contributed by atoms with E-state index in [1.165, 1.54) is 0 Å². The van der Waals surface area contributed by atoms with Crippen molar-refractivity contribution in [2.75, 3.05) is 13.2 Å². The van der Waals surface area contributed by atoms with Gasteiger partial charge in [0.15, 0.2) is 0 Å². The number of aliphatic hydroxyl groups excluding tert-OH is 2. The van der Waals surface area contributed by atoms with Crippen LogP contribution in [0.15, 0.2) is 0 Å². The van der Waals surface area contributed by atoms with Crippen molar-refractivity contribution in [1.82, 2.24) is 15.1 Å². The fourth-order valence-electron chi connectivity index (χ4n) is 1.59. The van der Waals surface area contributed by atoms with Crippen molar-refractivity contribution in [2.24, 2.45) is 7.05 Å². The van der Waals surface area contributed by atoms with Crippen LogP contribution in [0.3, 0.4) is 0 Å². The summed E-state index contributed by atoms with van der Waals surface area (Å²) in [6.45, 7) is 3.47. The number of carbonyl (C=O) groups is 1. The number of nitrogens with one attached hydrogen (secondary N) is 1. The van der Waals surface area contributed by atoms with Crippen molar-refractivity contribution in [3.63, 3.8) is 0 Å². The smallest absolute Gasteiger partial charge is 0.224 e. The van der Waals surface area contributed by atoms with Crippen molar-refractivity contribution in [3.05, 3.63) is 17.0 Å². The van der Waals surface area contributed by atoms with E-state index >= 15 is 0 Å². The maximum Gasteiger partial charge on any atom is 0.224 e. The standard InChI is InChI=1S/C11H19N3O3/c1-7-10(8(2)14(3)13-7)4-11(17)12-5-9(16)6-15/h9,15-16H,4-6H2,1-3H3,(H,12,17). The van der Waals surface area contributed by atoms with Crippen molar-refractivity contribution in [2.45, 2.75) is 26.4 Å². The second-order valence-electron chi connectivity index (χ2n) is 4.09. The zero-order valence-corrected chi connectivity index (χ0v) is 10.4. The number of aromatic nitrogens is 2. The molecule has 1 rings (SSSR count). The molecule has 17 heavy (non-hydrogen) atoms. The average molecular weight is 241 g/mol. The fourth-order valence-corrected chi connectivity index (χ4v) is 1.59. The van der Waals surface area contributed by atoms with Crippen LogP contribution in [0.4, 0.5) is 0 Å². The summed E-state index contributed by atoms with van der Waals surface area (Å²) in [4.78, 5) is 11.6. The summed E-state index contributed by atoms with van der Waals surface area (Å²) in [6, 6.07) is 0. The molecule has 96 valence electrons. The number of rotatable bonds is 5. The highest BCUT2D eigenvalue weighted by molar-refractivity contribution is 5.79. The molecule has 0 aliphatic heterocycles. The Balaban J connectivity index is 2.56. The molecule has 1 unspecified atom stereocenters. The third kappa shape index (κ3) is 3.54. The first-order chi connectivity index (χ1) is 7.95. The Kier molecular flexibility index (Phi) is 4.65. The number of hydrogen-bond donors (Lipinski definition) is 3. The molecule has 1 aromatic heterocycles. The van der Waals surface area contributed by atoms with Gasteiger partial charge in [-0.25, -0.2) is 0 Å². The minimum Gasteiger partial charge on any atom is -0.394 e. The van der Waals surface area contributed by atoms with Crippen molar-refractivity contribution in [1.29, 1.82) is 0 Å². The monoisotopic (exact) mass is 241 g/mol. The molecule has 1 aromatic rings. The molecular formula is C11H19N3O3. The van der Waals surface area contributed by atoms with Crippen molar-refractivity contribution < 1.29 is 15.0 Å². The second-order valence-corrected chi connectivity index (χ2v) is 4.09. The third-order valence-corrected chi connectivity index (χ3v) is 2.74. The van der Waals surface area contributed by atoms with Crippen LogP contribution < -0.4 is 5.32 Å².